The molecule has 6 heteroatoms. The molecule has 2 fully saturated rings. The fraction of sp³-hybridized carbons (Fsp3) is 0.857. The van der Waals surface area contributed by atoms with Crippen molar-refractivity contribution in [2.45, 2.75) is 45.1 Å². The Balaban J connectivity index is 1.80. The van der Waals surface area contributed by atoms with E-state index >= 15 is 0 Å². The van der Waals surface area contributed by atoms with Crippen molar-refractivity contribution in [1.82, 2.24) is 4.90 Å². The fourth-order valence-electron chi connectivity index (χ4n) is 2.56. The van der Waals surface area contributed by atoms with E-state index in [9.17, 15) is 13.8 Å². The van der Waals surface area contributed by atoms with Gasteiger partial charge in [-0.2, -0.15) is 0 Å². The number of hydrogen-bond acceptors (Lipinski definition) is 4. The van der Waals surface area contributed by atoms with Crippen LogP contribution in [0.4, 0.5) is 0 Å². The molecule has 0 aromatic rings. The fourth-order valence-corrected chi connectivity index (χ4v) is 4.18. The molecule has 2 saturated carbocycles. The molecule has 0 aliphatic heterocycles. The van der Waals surface area contributed by atoms with Crippen molar-refractivity contribution in [3.05, 3.63) is 0 Å². The smallest absolute Gasteiger partial charge is 0.306 e. The first-order valence-electron chi connectivity index (χ1n) is 7.21. The maximum absolute atomic E-state index is 12.2. The summed E-state index contributed by atoms with van der Waals surface area (Å²) >= 11 is 0. The summed E-state index contributed by atoms with van der Waals surface area (Å²) in [6.07, 6.45) is 4.27. The van der Waals surface area contributed by atoms with Crippen LogP contribution in [-0.4, -0.2) is 52.2 Å². The quantitative estimate of drug-likeness (QED) is 0.630. The predicted molar refractivity (Wildman–Crippen MR) is 76.6 cm³/mol. The average Bonchev–Trinajstić information content (AvgIpc) is 3.28. The van der Waals surface area contributed by atoms with E-state index in [1.54, 1.807) is 0 Å². The summed E-state index contributed by atoms with van der Waals surface area (Å²) in [6.45, 7) is 2.65. The molecule has 2 aliphatic carbocycles. The molecule has 0 heterocycles. The summed E-state index contributed by atoms with van der Waals surface area (Å²) in [5, 5.41) is 0. The minimum atomic E-state index is -1.19. The number of carbonyl (C=O) groups excluding carboxylic acids is 2. The van der Waals surface area contributed by atoms with Crippen LogP contribution < -0.4 is 0 Å². The van der Waals surface area contributed by atoms with E-state index in [1.165, 1.54) is 7.11 Å². The molecular weight excluding hydrogens is 278 g/mol. The van der Waals surface area contributed by atoms with Gasteiger partial charge in [0.05, 0.1) is 13.5 Å². The standard InChI is InChI=1S/C14H23NO4S/c1-3-15(11-4-5-11)12(16)9-20(18)10-14(6-7-14)8-13(17)19-2/h11H,3-10H2,1-2H3. The summed E-state index contributed by atoms with van der Waals surface area (Å²) in [4.78, 5) is 25.3. The second-order valence-electron chi connectivity index (χ2n) is 5.89. The van der Waals surface area contributed by atoms with Gasteiger partial charge >= 0.3 is 5.97 Å². The Morgan fingerprint density at radius 3 is 2.45 bits per heavy atom. The van der Waals surface area contributed by atoms with Gasteiger partial charge in [-0.15, -0.1) is 0 Å². The number of carbonyl (C=O) groups is 2. The van der Waals surface area contributed by atoms with Gasteiger partial charge in [0.25, 0.3) is 0 Å². The van der Waals surface area contributed by atoms with Gasteiger partial charge in [0, 0.05) is 29.1 Å². The third-order valence-corrected chi connectivity index (χ3v) is 5.61. The Bertz CT molecular complexity index is 415. The molecule has 0 bridgehead atoms. The zero-order valence-corrected chi connectivity index (χ0v) is 13.0. The third kappa shape index (κ3) is 4.04. The molecule has 1 atom stereocenters. The molecule has 0 N–H and O–H groups in total. The molecule has 0 radical (unpaired) electrons. The van der Waals surface area contributed by atoms with Gasteiger partial charge in [0.2, 0.25) is 5.91 Å². The monoisotopic (exact) mass is 301 g/mol. The third-order valence-electron chi connectivity index (χ3n) is 4.10. The molecule has 1 unspecified atom stereocenters. The second-order valence-corrected chi connectivity index (χ2v) is 7.35. The summed E-state index contributed by atoms with van der Waals surface area (Å²) in [5.74, 6) is 0.268. The van der Waals surface area contributed by atoms with Crippen LogP contribution in [0, 0.1) is 5.41 Å². The highest BCUT2D eigenvalue weighted by atomic mass is 32.2. The number of methoxy groups -OCH3 is 1. The molecule has 114 valence electrons. The van der Waals surface area contributed by atoms with E-state index in [0.717, 1.165) is 25.7 Å². The molecule has 1 amide bonds. The predicted octanol–water partition coefficient (Wildman–Crippen LogP) is 1.09. The number of amides is 1. The summed E-state index contributed by atoms with van der Waals surface area (Å²) in [6, 6.07) is 0.370. The minimum Gasteiger partial charge on any atom is -0.469 e. The van der Waals surface area contributed by atoms with Gasteiger partial charge in [0.1, 0.15) is 5.75 Å². The van der Waals surface area contributed by atoms with Crippen LogP contribution in [0.15, 0.2) is 0 Å². The maximum Gasteiger partial charge on any atom is 0.306 e. The van der Waals surface area contributed by atoms with Crippen LogP contribution in [-0.2, 0) is 25.1 Å². The maximum atomic E-state index is 12.2. The van der Waals surface area contributed by atoms with Gasteiger partial charge in [-0.25, -0.2) is 0 Å². The van der Waals surface area contributed by atoms with E-state index in [2.05, 4.69) is 4.74 Å². The average molecular weight is 301 g/mol. The minimum absolute atomic E-state index is 0.0119. The van der Waals surface area contributed by atoms with Crippen LogP contribution in [0.5, 0.6) is 0 Å². The lowest BCUT2D eigenvalue weighted by Gasteiger charge is -2.20. The van der Waals surface area contributed by atoms with Crippen molar-refractivity contribution >= 4 is 22.7 Å². The highest BCUT2D eigenvalue weighted by Gasteiger charge is 2.46. The summed E-state index contributed by atoms with van der Waals surface area (Å²) < 4.78 is 16.8. The zero-order valence-electron chi connectivity index (χ0n) is 12.2. The molecule has 0 aromatic heterocycles. The normalized spacial score (nSPS) is 21.1. The largest absolute Gasteiger partial charge is 0.469 e. The van der Waals surface area contributed by atoms with E-state index in [4.69, 9.17) is 0 Å². The SMILES string of the molecule is CCN(C(=O)CS(=O)CC1(CC(=O)OC)CC1)C1CC1. The molecule has 0 saturated heterocycles. The van der Waals surface area contributed by atoms with E-state index in [0.29, 0.717) is 24.8 Å². The number of ether oxygens (including phenoxy) is 1. The highest BCUT2D eigenvalue weighted by Crippen LogP contribution is 2.49. The Morgan fingerprint density at radius 2 is 2.00 bits per heavy atom. The van der Waals surface area contributed by atoms with Crippen LogP contribution in [0.3, 0.4) is 0 Å². The van der Waals surface area contributed by atoms with Crippen molar-refractivity contribution in [2.75, 3.05) is 25.2 Å². The van der Waals surface area contributed by atoms with Gasteiger partial charge < -0.3 is 9.64 Å². The van der Waals surface area contributed by atoms with Gasteiger partial charge in [-0.1, -0.05) is 0 Å². The Morgan fingerprint density at radius 1 is 1.35 bits per heavy atom. The van der Waals surface area contributed by atoms with Crippen LogP contribution in [0.1, 0.15) is 39.0 Å². The van der Waals surface area contributed by atoms with Crippen LogP contribution in [0.25, 0.3) is 0 Å². The first-order chi connectivity index (χ1) is 9.49. The molecule has 20 heavy (non-hydrogen) atoms. The number of hydrogen-bond donors (Lipinski definition) is 0. The van der Waals surface area contributed by atoms with Crippen molar-refractivity contribution in [3.63, 3.8) is 0 Å². The Labute approximate surface area is 122 Å². The summed E-state index contributed by atoms with van der Waals surface area (Å²) in [5.41, 5.74) is -0.172. The second kappa shape index (κ2) is 6.24. The molecule has 0 aromatic carbocycles. The molecule has 2 aliphatic rings. The molecule has 2 rings (SSSR count). The van der Waals surface area contributed by atoms with Crippen LogP contribution >= 0.6 is 0 Å². The molecular formula is C14H23NO4S. The van der Waals surface area contributed by atoms with E-state index in [1.807, 2.05) is 11.8 Å². The Hall–Kier alpha value is -0.910. The van der Waals surface area contributed by atoms with Crippen LogP contribution in [0.2, 0.25) is 0 Å². The Kier molecular flexibility index (Phi) is 4.83. The van der Waals surface area contributed by atoms with Gasteiger partial charge in [-0.3, -0.25) is 13.8 Å². The zero-order chi connectivity index (χ0) is 14.8. The lowest BCUT2D eigenvalue weighted by atomic mass is 10.1. The lowest BCUT2D eigenvalue weighted by molar-refractivity contribution is -0.141. The topological polar surface area (TPSA) is 63.7 Å². The lowest BCUT2D eigenvalue weighted by Crippen LogP contribution is -2.37. The molecule has 5 nitrogen and oxygen atoms in total. The number of esters is 1. The first-order valence-corrected chi connectivity index (χ1v) is 8.70. The van der Waals surface area contributed by atoms with Gasteiger partial charge in [-0.05, 0) is 38.0 Å². The van der Waals surface area contributed by atoms with E-state index in [-0.39, 0.29) is 23.0 Å². The highest BCUT2D eigenvalue weighted by molar-refractivity contribution is 7.85. The first kappa shape index (κ1) is 15.5. The van der Waals surface area contributed by atoms with E-state index < -0.39 is 10.8 Å². The number of nitrogens with zero attached hydrogens (tertiary/aromatic N) is 1. The van der Waals surface area contributed by atoms with Crippen molar-refractivity contribution < 1.29 is 18.5 Å². The molecule has 0 spiro atoms. The van der Waals surface area contributed by atoms with Crippen molar-refractivity contribution in [2.24, 2.45) is 5.41 Å². The van der Waals surface area contributed by atoms with Gasteiger partial charge in [0.15, 0.2) is 0 Å². The van der Waals surface area contributed by atoms with Crippen molar-refractivity contribution in [1.29, 1.82) is 0 Å². The number of rotatable bonds is 8. The summed E-state index contributed by atoms with van der Waals surface area (Å²) in [7, 11) is 0.183. The van der Waals surface area contributed by atoms with Crippen molar-refractivity contribution in [3.8, 4) is 0 Å².